The Hall–Kier alpha value is -3.54. The number of ether oxygens (including phenoxy) is 8. The van der Waals surface area contributed by atoms with Crippen LogP contribution in [0.5, 0.6) is 0 Å². The van der Waals surface area contributed by atoms with Crippen molar-refractivity contribution in [1.29, 1.82) is 0 Å². The lowest BCUT2D eigenvalue weighted by Gasteiger charge is -2.47. The largest absolute Gasteiger partial charge is 0.453 e. The summed E-state index contributed by atoms with van der Waals surface area (Å²) in [6.07, 6.45) is -5.99. The van der Waals surface area contributed by atoms with E-state index in [9.17, 15) is 10.2 Å². The molecule has 12 unspecified atom stereocenters. The molecule has 5 saturated heterocycles. The fraction of sp³-hybridized carbons (Fsp3) is 0.415. The smallest absolute Gasteiger partial charge is 0.409 e. The minimum absolute atomic E-state index is 0.216. The average molecular weight is 741 g/mol. The monoisotopic (exact) mass is 740 g/mol. The highest BCUT2D eigenvalue weighted by molar-refractivity contribution is 6.43. The third-order valence-electron chi connectivity index (χ3n) is 10.0. The molecule has 9 rings (SSSR count). The van der Waals surface area contributed by atoms with E-state index in [-0.39, 0.29) is 31.5 Å². The maximum Gasteiger partial charge on any atom is 0.453 e. The first kappa shape index (κ1) is 37.4. The molecule has 4 aromatic rings. The summed E-state index contributed by atoms with van der Waals surface area (Å²) in [7, 11) is -0.255. The predicted octanol–water partition coefficient (Wildman–Crippen LogP) is 5.05. The van der Waals surface area contributed by atoms with Crippen molar-refractivity contribution in [3.05, 3.63) is 144 Å². The number of hydrogen-bond donors (Lipinski definition) is 2. The number of fused-ring (bicyclic) bond motifs is 2. The summed E-state index contributed by atoms with van der Waals surface area (Å²) in [6.45, 7) is 2.68. The second-order valence-corrected chi connectivity index (χ2v) is 13.7. The minimum Gasteiger partial charge on any atom is -0.409 e. The van der Waals surface area contributed by atoms with Gasteiger partial charge in [-0.05, 0) is 6.82 Å². The predicted molar refractivity (Wildman–Crippen MR) is 193 cm³/mol. The first-order chi connectivity index (χ1) is 26.5. The topological polar surface area (TPSA) is 133 Å². The van der Waals surface area contributed by atoms with Crippen LogP contribution in [0.1, 0.15) is 47.4 Å². The van der Waals surface area contributed by atoms with E-state index in [0.717, 1.165) is 22.3 Å². The van der Waals surface area contributed by atoms with E-state index in [1.165, 1.54) is 0 Å². The summed E-state index contributed by atoms with van der Waals surface area (Å²) in [4.78, 5) is 0. The molecule has 2 N–H and O–H groups in total. The Bertz CT molecular complexity index is 1720. The van der Waals surface area contributed by atoms with Gasteiger partial charge in [-0.2, -0.15) is 0 Å². The average Bonchev–Trinajstić information content (AvgIpc) is 3.69. The van der Waals surface area contributed by atoms with Gasteiger partial charge in [-0.25, -0.2) is 0 Å². The highest BCUT2D eigenvalue weighted by atomic mass is 16.8. The van der Waals surface area contributed by atoms with Gasteiger partial charge in [-0.3, -0.25) is 0 Å². The number of rotatable bonds is 7. The summed E-state index contributed by atoms with van der Waals surface area (Å²) < 4.78 is 60.3. The number of aliphatic hydroxyl groups excluding tert-OH is 2. The Morgan fingerprint density at radius 2 is 0.926 bits per heavy atom. The first-order valence-electron chi connectivity index (χ1n) is 18.5. The Kier molecular flexibility index (Phi) is 12.1. The molecule has 5 aliphatic heterocycles. The summed E-state index contributed by atoms with van der Waals surface area (Å²) >= 11 is 0. The van der Waals surface area contributed by atoms with Gasteiger partial charge in [0, 0.05) is 22.3 Å². The van der Waals surface area contributed by atoms with Crippen LogP contribution in [0.25, 0.3) is 0 Å². The van der Waals surface area contributed by atoms with Crippen LogP contribution in [0, 0.1) is 0 Å². The van der Waals surface area contributed by atoms with Crippen molar-refractivity contribution < 1.29 is 57.4 Å². The molecule has 5 fully saturated rings. The Morgan fingerprint density at radius 3 is 1.39 bits per heavy atom. The van der Waals surface area contributed by atoms with E-state index >= 15 is 0 Å². The second-order valence-electron chi connectivity index (χ2n) is 13.7. The summed E-state index contributed by atoms with van der Waals surface area (Å²) in [5.41, 5.74) is 3.66. The van der Waals surface area contributed by atoms with Crippen molar-refractivity contribution in [1.82, 2.24) is 0 Å². The molecule has 0 aliphatic carbocycles. The lowest BCUT2D eigenvalue weighted by molar-refractivity contribution is -0.373. The summed E-state index contributed by atoms with van der Waals surface area (Å²) in [6, 6.07) is 38.9. The highest BCUT2D eigenvalue weighted by Gasteiger charge is 2.51. The van der Waals surface area contributed by atoms with Crippen molar-refractivity contribution in [3.8, 4) is 0 Å². The third-order valence-corrected chi connectivity index (χ3v) is 10.0. The van der Waals surface area contributed by atoms with Crippen molar-refractivity contribution in [3.63, 3.8) is 0 Å². The van der Waals surface area contributed by atoms with Gasteiger partial charge in [-0.15, -0.1) is 0 Å². The van der Waals surface area contributed by atoms with Crippen molar-refractivity contribution in [2.75, 3.05) is 26.4 Å². The molecule has 12 nitrogen and oxygen atoms in total. The lowest BCUT2D eigenvalue weighted by atomic mass is 9.96. The van der Waals surface area contributed by atoms with Crippen LogP contribution in [0.15, 0.2) is 121 Å². The third kappa shape index (κ3) is 8.48. The van der Waals surface area contributed by atoms with Crippen molar-refractivity contribution >= 4 is 7.12 Å². The molecule has 0 bridgehead atoms. The zero-order valence-electron chi connectivity index (χ0n) is 29.9. The summed E-state index contributed by atoms with van der Waals surface area (Å²) in [5, 5.41) is 19.8. The molecule has 284 valence electrons. The number of benzene rings is 4. The van der Waals surface area contributed by atoms with E-state index in [1.807, 2.05) is 128 Å². The SMILES string of the molecule is CB1OCC(C2OC(c3ccccc3)OC3COC(c4ccccc4)OC32)O1.OCC(O)C1OC(c2ccccc2)OC2COC(c3ccccc3)OC21. The van der Waals surface area contributed by atoms with Crippen molar-refractivity contribution in [2.24, 2.45) is 0 Å². The number of hydrogen-bond acceptors (Lipinski definition) is 12. The molecular weight excluding hydrogens is 695 g/mol. The normalized spacial score (nSPS) is 34.1. The highest BCUT2D eigenvalue weighted by Crippen LogP contribution is 2.41. The maximum absolute atomic E-state index is 10.3. The van der Waals surface area contributed by atoms with E-state index in [0.29, 0.717) is 19.8 Å². The molecule has 0 spiro atoms. The minimum atomic E-state index is -1.08. The van der Waals surface area contributed by atoms with Gasteiger partial charge >= 0.3 is 7.12 Å². The maximum atomic E-state index is 10.3. The van der Waals surface area contributed by atoms with Gasteiger partial charge in [0.05, 0.1) is 32.5 Å². The molecule has 54 heavy (non-hydrogen) atoms. The lowest BCUT2D eigenvalue weighted by Crippen LogP contribution is -2.58. The molecule has 13 heteroatoms. The Morgan fingerprint density at radius 1 is 0.519 bits per heavy atom. The van der Waals surface area contributed by atoms with Gasteiger partial charge in [0.15, 0.2) is 25.2 Å². The quantitative estimate of drug-likeness (QED) is 0.246. The number of aliphatic hydroxyl groups is 2. The van der Waals surface area contributed by atoms with Crippen molar-refractivity contribution in [2.45, 2.75) is 80.8 Å². The van der Waals surface area contributed by atoms with Gasteiger partial charge in [0.1, 0.15) is 42.7 Å². The van der Waals surface area contributed by atoms with Gasteiger partial charge in [0.25, 0.3) is 0 Å². The fourth-order valence-electron chi connectivity index (χ4n) is 7.27. The molecule has 4 aromatic carbocycles. The molecule has 12 atom stereocenters. The summed E-state index contributed by atoms with van der Waals surface area (Å²) in [5.74, 6) is 0. The van der Waals surface area contributed by atoms with Crippen LogP contribution >= 0.6 is 0 Å². The van der Waals surface area contributed by atoms with Gasteiger partial charge in [0.2, 0.25) is 0 Å². The second kappa shape index (κ2) is 17.5. The Labute approximate surface area is 314 Å². The fourth-order valence-corrected chi connectivity index (χ4v) is 7.27. The van der Waals surface area contributed by atoms with Crippen LogP contribution in [0.4, 0.5) is 0 Å². The molecule has 0 amide bonds. The zero-order valence-corrected chi connectivity index (χ0v) is 29.9. The zero-order chi connectivity index (χ0) is 36.9. The van der Waals surface area contributed by atoms with Crippen LogP contribution in [0.2, 0.25) is 6.82 Å². The van der Waals surface area contributed by atoms with E-state index in [4.69, 9.17) is 47.2 Å². The van der Waals surface area contributed by atoms with Gasteiger partial charge in [-0.1, -0.05) is 121 Å². The first-order valence-corrected chi connectivity index (χ1v) is 18.5. The van der Waals surface area contributed by atoms with Crippen LogP contribution in [-0.2, 0) is 47.2 Å². The molecule has 0 aromatic heterocycles. The van der Waals surface area contributed by atoms with Crippen LogP contribution in [0.3, 0.4) is 0 Å². The van der Waals surface area contributed by atoms with Gasteiger partial charge < -0.3 is 57.4 Å². The molecule has 5 aliphatic rings. The molecule has 0 saturated carbocycles. The van der Waals surface area contributed by atoms with E-state index in [2.05, 4.69) is 0 Å². The van der Waals surface area contributed by atoms with E-state index < -0.39 is 56.2 Å². The molecule has 0 radical (unpaired) electrons. The van der Waals surface area contributed by atoms with Crippen LogP contribution < -0.4 is 0 Å². The molecule has 5 heterocycles. The van der Waals surface area contributed by atoms with E-state index in [1.54, 1.807) is 0 Å². The van der Waals surface area contributed by atoms with Crippen LogP contribution in [-0.4, -0.2) is 92.6 Å². The molecular formula is C41H45BO12. The standard InChI is InChI=1S/C21H23BO6.C20H22O6/c1-22-24-13-17(28-22)19-18-16(25-21(27-19)15-10-6-3-7-11-15)12-23-20(26-18)14-8-4-2-5-9-14;21-11-15(22)17-18-16(24-20(25-17)14-9-5-2-6-10-14)12-23-19(26-18)13-7-3-1-4-8-13/h2-11,16-21H,12-13H2,1H3;1-10,15-22H,11-12H2. The Balaban J connectivity index is 0.000000154.